The Morgan fingerprint density at radius 2 is 2.36 bits per heavy atom. The molecule has 1 unspecified atom stereocenters. The highest BCUT2D eigenvalue weighted by Crippen LogP contribution is 2.47. The van der Waals surface area contributed by atoms with E-state index in [1.54, 1.807) is 0 Å². The number of nitrogens with one attached hydrogen (secondary N) is 1. The van der Waals surface area contributed by atoms with E-state index in [4.69, 9.17) is 16.1 Å². The lowest BCUT2D eigenvalue weighted by molar-refractivity contribution is 0.224. The first-order valence-electron chi connectivity index (χ1n) is 4.60. The normalized spacial score (nSPS) is 28.2. The van der Waals surface area contributed by atoms with Gasteiger partial charge in [0.25, 0.3) is 0 Å². The number of rotatable bonds is 5. The van der Waals surface area contributed by atoms with E-state index in [-0.39, 0.29) is 6.54 Å². The molecule has 1 atom stereocenters. The number of hydrogen-bond acceptors (Lipinski definition) is 2. The van der Waals surface area contributed by atoms with Crippen molar-refractivity contribution in [3.63, 3.8) is 0 Å². The molecule has 0 aliphatic carbocycles. The van der Waals surface area contributed by atoms with E-state index in [0.717, 1.165) is 6.42 Å². The third-order valence-electron chi connectivity index (χ3n) is 1.96. The molecule has 0 aromatic heterocycles. The van der Waals surface area contributed by atoms with Gasteiger partial charge in [-0.2, -0.15) is 0 Å². The quantitative estimate of drug-likeness (QED) is 0.589. The molecule has 0 radical (unpaired) electrons. The molecule has 0 amide bonds. The van der Waals surface area contributed by atoms with Crippen molar-refractivity contribution in [2.45, 2.75) is 6.42 Å². The molecule has 1 aliphatic heterocycles. The minimum Gasteiger partial charge on any atom is -0.306 e. The van der Waals surface area contributed by atoms with Crippen LogP contribution in [0.4, 0.5) is 4.39 Å². The van der Waals surface area contributed by atoms with Gasteiger partial charge in [-0.05, 0) is 6.42 Å². The van der Waals surface area contributed by atoms with Crippen LogP contribution < -0.4 is 5.09 Å². The van der Waals surface area contributed by atoms with Crippen LogP contribution in [-0.4, -0.2) is 43.5 Å². The van der Waals surface area contributed by atoms with Gasteiger partial charge >= 0.3 is 7.67 Å². The molecule has 1 heterocycles. The van der Waals surface area contributed by atoms with Gasteiger partial charge in [-0.25, -0.2) is 14.1 Å². The summed E-state index contributed by atoms with van der Waals surface area (Å²) < 4.78 is 30.9. The monoisotopic (exact) mass is 243 g/mol. The molecule has 1 fully saturated rings. The summed E-state index contributed by atoms with van der Waals surface area (Å²) in [6, 6.07) is 0. The molecule has 0 bridgehead atoms. The highest BCUT2D eigenvalue weighted by atomic mass is 35.5. The molecule has 0 aromatic rings. The second kappa shape index (κ2) is 6.03. The molecule has 1 aliphatic rings. The lowest BCUT2D eigenvalue weighted by atomic mass is 10.5. The van der Waals surface area contributed by atoms with Gasteiger partial charge in [0.15, 0.2) is 0 Å². The smallest absolute Gasteiger partial charge is 0.306 e. The van der Waals surface area contributed by atoms with E-state index in [9.17, 15) is 8.96 Å². The van der Waals surface area contributed by atoms with Crippen molar-refractivity contribution in [2.24, 2.45) is 0 Å². The molecule has 1 saturated heterocycles. The fraction of sp³-hybridized carbons (Fsp3) is 1.00. The SMILES string of the molecule is O=P1(N(CC[18F])CCCl)NCCCO1. The summed E-state index contributed by atoms with van der Waals surface area (Å²) in [6.07, 6.45) is 0.828. The van der Waals surface area contributed by atoms with Gasteiger partial charge in [0.05, 0.1) is 6.61 Å². The van der Waals surface area contributed by atoms with Crippen LogP contribution in [0.15, 0.2) is 0 Å². The van der Waals surface area contributed by atoms with Crippen molar-refractivity contribution in [1.29, 1.82) is 0 Å². The lowest BCUT2D eigenvalue weighted by Crippen LogP contribution is -2.36. The van der Waals surface area contributed by atoms with Crippen LogP contribution in [0, 0.1) is 0 Å². The van der Waals surface area contributed by atoms with Gasteiger partial charge in [-0.1, -0.05) is 0 Å². The first-order chi connectivity index (χ1) is 6.73. The minimum absolute atomic E-state index is 0.0942. The van der Waals surface area contributed by atoms with Gasteiger partial charge < -0.3 is 4.52 Å². The summed E-state index contributed by atoms with van der Waals surface area (Å²) >= 11 is 5.54. The Balaban J connectivity index is 2.58. The van der Waals surface area contributed by atoms with Crippen molar-refractivity contribution in [2.75, 3.05) is 38.8 Å². The van der Waals surface area contributed by atoms with E-state index in [2.05, 4.69) is 5.09 Å². The van der Waals surface area contributed by atoms with E-state index < -0.39 is 14.3 Å². The largest absolute Gasteiger partial charge is 0.343 e. The summed E-state index contributed by atoms with van der Waals surface area (Å²) in [5.41, 5.74) is 0. The summed E-state index contributed by atoms with van der Waals surface area (Å²) in [4.78, 5) is 0. The van der Waals surface area contributed by atoms with Crippen molar-refractivity contribution < 1.29 is 13.5 Å². The number of halogens is 2. The predicted octanol–water partition coefficient (Wildman–Crippen LogP) is 1.61. The first kappa shape index (κ1) is 12.4. The van der Waals surface area contributed by atoms with Crippen LogP contribution in [-0.2, 0) is 9.09 Å². The zero-order valence-electron chi connectivity index (χ0n) is 7.92. The molecule has 1 N–H and O–H groups in total. The fourth-order valence-electron chi connectivity index (χ4n) is 1.28. The Morgan fingerprint density at radius 1 is 1.57 bits per heavy atom. The predicted molar refractivity (Wildman–Crippen MR) is 54.4 cm³/mol. The van der Waals surface area contributed by atoms with Crippen LogP contribution in [0.25, 0.3) is 0 Å². The van der Waals surface area contributed by atoms with Crippen LogP contribution in [0.2, 0.25) is 0 Å². The van der Waals surface area contributed by atoms with Crippen molar-refractivity contribution in [3.05, 3.63) is 0 Å². The number of nitrogens with zero attached hydrogens (tertiary/aromatic N) is 1. The Bertz CT molecular complexity index is 204. The standard InChI is InChI=1S/C7H15ClFN2O2P/c8-2-5-11(6-3-9)14(12)10-4-1-7-13-14/h1-7H2,(H,10,12)/i9-1. The topological polar surface area (TPSA) is 41.6 Å². The third kappa shape index (κ3) is 3.17. The van der Waals surface area contributed by atoms with Crippen LogP contribution in [0.3, 0.4) is 0 Å². The van der Waals surface area contributed by atoms with Gasteiger partial charge in [0.1, 0.15) is 6.67 Å². The summed E-state index contributed by atoms with van der Waals surface area (Å²) in [7, 11) is -3.00. The van der Waals surface area contributed by atoms with Crippen molar-refractivity contribution in [1.82, 2.24) is 9.76 Å². The average Bonchev–Trinajstić information content (AvgIpc) is 2.19. The van der Waals surface area contributed by atoms with Gasteiger partial charge in [0, 0.05) is 25.5 Å². The van der Waals surface area contributed by atoms with Crippen molar-refractivity contribution >= 4 is 19.3 Å². The maximum absolute atomic E-state index is 12.2. The van der Waals surface area contributed by atoms with Gasteiger partial charge in [-0.3, -0.25) is 4.57 Å². The Kier molecular flexibility index (Phi) is 5.34. The van der Waals surface area contributed by atoms with E-state index in [1.807, 2.05) is 0 Å². The maximum atomic E-state index is 12.2. The summed E-state index contributed by atoms with van der Waals surface area (Å²) in [5, 5.41) is 2.80. The fourth-order valence-corrected chi connectivity index (χ4v) is 3.57. The first-order valence-corrected chi connectivity index (χ1v) is 6.71. The lowest BCUT2D eigenvalue weighted by Gasteiger charge is -2.32. The second-order valence-corrected chi connectivity index (χ2v) is 5.51. The molecule has 0 spiro atoms. The third-order valence-corrected chi connectivity index (χ3v) is 4.43. The molecule has 0 saturated carbocycles. The number of alkyl halides is 2. The van der Waals surface area contributed by atoms with Gasteiger partial charge in [0.2, 0.25) is 0 Å². The molecule has 1 rings (SSSR count). The van der Waals surface area contributed by atoms with E-state index in [0.29, 0.717) is 25.6 Å². The number of hydrogen-bond donors (Lipinski definition) is 1. The van der Waals surface area contributed by atoms with Crippen LogP contribution in [0.1, 0.15) is 6.42 Å². The Labute approximate surface area is 88.3 Å². The molecule has 7 heteroatoms. The molecule has 84 valence electrons. The van der Waals surface area contributed by atoms with E-state index in [1.165, 1.54) is 4.67 Å². The second-order valence-electron chi connectivity index (χ2n) is 2.95. The molecule has 0 aromatic carbocycles. The zero-order valence-corrected chi connectivity index (χ0v) is 9.57. The summed E-state index contributed by atoms with van der Waals surface area (Å²) in [5.74, 6) is 0.315. The highest BCUT2D eigenvalue weighted by molar-refractivity contribution is 7.54. The molecule has 14 heavy (non-hydrogen) atoms. The Morgan fingerprint density at radius 3 is 2.86 bits per heavy atom. The summed E-state index contributed by atoms with van der Waals surface area (Å²) in [6.45, 7) is 1.01. The molecular weight excluding hydrogens is 229 g/mol. The van der Waals surface area contributed by atoms with E-state index >= 15 is 0 Å². The van der Waals surface area contributed by atoms with Crippen LogP contribution >= 0.6 is 19.3 Å². The molecular formula is C7H15ClFN2O2P. The van der Waals surface area contributed by atoms with Crippen molar-refractivity contribution in [3.8, 4) is 0 Å². The zero-order chi connectivity index (χ0) is 10.4. The Hall–Kier alpha value is 0.330. The highest BCUT2D eigenvalue weighted by Gasteiger charge is 2.32. The minimum atomic E-state index is -3.00. The maximum Gasteiger partial charge on any atom is 0.343 e. The van der Waals surface area contributed by atoms with Crippen LogP contribution in [0.5, 0.6) is 0 Å². The molecule has 4 nitrogen and oxygen atoms in total. The van der Waals surface area contributed by atoms with Gasteiger partial charge in [-0.15, -0.1) is 11.6 Å². The average molecular weight is 244 g/mol.